The van der Waals surface area contributed by atoms with E-state index in [1.807, 2.05) is 33.8 Å². The molecule has 5 nitrogen and oxygen atoms in total. The summed E-state index contributed by atoms with van der Waals surface area (Å²) < 4.78 is 16.8. The van der Waals surface area contributed by atoms with Gasteiger partial charge in [-0.2, -0.15) is 0 Å². The summed E-state index contributed by atoms with van der Waals surface area (Å²) in [6.45, 7) is 7.96. The Bertz CT molecular complexity index is 561. The Kier molecular flexibility index (Phi) is 4.85. The van der Waals surface area contributed by atoms with Gasteiger partial charge in [0.25, 0.3) is 0 Å². The van der Waals surface area contributed by atoms with Crippen LogP contribution in [0.25, 0.3) is 0 Å². The average molecular weight is 326 g/mol. The van der Waals surface area contributed by atoms with Crippen molar-refractivity contribution in [1.29, 1.82) is 0 Å². The summed E-state index contributed by atoms with van der Waals surface area (Å²) in [5.74, 6) is -0.290. The van der Waals surface area contributed by atoms with Crippen molar-refractivity contribution in [3.8, 4) is 0 Å². The van der Waals surface area contributed by atoms with Crippen LogP contribution in [0.4, 0.5) is 0 Å². The van der Waals surface area contributed by atoms with Crippen LogP contribution in [-0.2, 0) is 25.3 Å². The second-order valence-electron chi connectivity index (χ2n) is 6.33. The van der Waals surface area contributed by atoms with E-state index in [0.717, 1.165) is 5.46 Å². The van der Waals surface area contributed by atoms with E-state index in [9.17, 15) is 4.79 Å². The first-order valence-electron chi connectivity index (χ1n) is 7.24. The van der Waals surface area contributed by atoms with E-state index in [1.165, 1.54) is 7.11 Å². The Morgan fingerprint density at radius 2 is 1.86 bits per heavy atom. The number of carbonyl (C=O) groups is 1. The highest BCUT2D eigenvalue weighted by molar-refractivity contribution is 6.62. The van der Waals surface area contributed by atoms with Gasteiger partial charge in [-0.05, 0) is 40.2 Å². The smallest absolute Gasteiger partial charge is 0.469 e. The number of carbonyl (C=O) groups excluding carboxylic acids is 1. The third-order valence-electron chi connectivity index (χ3n) is 4.28. The number of aromatic nitrogens is 1. The normalized spacial score (nSPS) is 19.3. The number of hydrogen-bond acceptors (Lipinski definition) is 5. The van der Waals surface area contributed by atoms with Crippen molar-refractivity contribution >= 4 is 30.2 Å². The maximum absolute atomic E-state index is 11.4. The third kappa shape index (κ3) is 3.45. The van der Waals surface area contributed by atoms with Gasteiger partial charge in [0.15, 0.2) is 0 Å². The van der Waals surface area contributed by atoms with Gasteiger partial charge in [-0.15, -0.1) is 0 Å². The van der Waals surface area contributed by atoms with E-state index in [1.54, 1.807) is 6.07 Å². The predicted molar refractivity (Wildman–Crippen MR) is 85.3 cm³/mol. The number of ether oxygens (including phenoxy) is 1. The number of nitrogens with zero attached hydrogens (tertiary/aromatic N) is 1. The van der Waals surface area contributed by atoms with E-state index in [2.05, 4.69) is 9.72 Å². The van der Waals surface area contributed by atoms with Gasteiger partial charge < -0.3 is 14.0 Å². The molecule has 0 saturated carbocycles. The van der Waals surface area contributed by atoms with Gasteiger partial charge in [0, 0.05) is 11.2 Å². The molecule has 0 aromatic carbocycles. The van der Waals surface area contributed by atoms with E-state index in [0.29, 0.717) is 17.3 Å². The molecule has 0 bridgehead atoms. The van der Waals surface area contributed by atoms with Crippen LogP contribution in [0.15, 0.2) is 12.1 Å². The van der Waals surface area contributed by atoms with E-state index < -0.39 is 18.3 Å². The fraction of sp³-hybridized carbons (Fsp3) is 0.600. The summed E-state index contributed by atoms with van der Waals surface area (Å²) in [6, 6.07) is 3.54. The van der Waals surface area contributed by atoms with Crippen LogP contribution >= 0.6 is 11.6 Å². The molecular formula is C15H21BClNO4. The zero-order chi connectivity index (χ0) is 16.5. The number of rotatable bonds is 4. The summed E-state index contributed by atoms with van der Waals surface area (Å²) in [7, 11) is 0.838. The van der Waals surface area contributed by atoms with Crippen molar-refractivity contribution in [3.63, 3.8) is 0 Å². The summed E-state index contributed by atoms with van der Waals surface area (Å²) in [4.78, 5) is 15.7. The molecule has 0 N–H and O–H groups in total. The van der Waals surface area contributed by atoms with Crippen LogP contribution in [0.5, 0.6) is 0 Å². The Morgan fingerprint density at radius 1 is 1.27 bits per heavy atom. The maximum atomic E-state index is 11.4. The monoisotopic (exact) mass is 325 g/mol. The number of halogens is 1. The molecule has 1 saturated heterocycles. The lowest BCUT2D eigenvalue weighted by atomic mass is 9.77. The molecule has 2 heterocycles. The van der Waals surface area contributed by atoms with E-state index in [-0.39, 0.29) is 12.4 Å². The lowest BCUT2D eigenvalue weighted by molar-refractivity contribution is -0.140. The lowest BCUT2D eigenvalue weighted by Gasteiger charge is -2.32. The van der Waals surface area contributed by atoms with Crippen molar-refractivity contribution in [1.82, 2.24) is 4.98 Å². The summed E-state index contributed by atoms with van der Waals surface area (Å²) in [5.41, 5.74) is 0.622. The topological polar surface area (TPSA) is 57.7 Å². The van der Waals surface area contributed by atoms with Crippen molar-refractivity contribution in [2.45, 2.75) is 51.7 Å². The largest absolute Gasteiger partial charge is 0.496 e. The number of hydrogen-bond donors (Lipinski definition) is 0. The Hall–Kier alpha value is -1.11. The third-order valence-corrected chi connectivity index (χ3v) is 4.49. The number of aryl methyl sites for hydroxylation is 1. The second kappa shape index (κ2) is 6.18. The zero-order valence-corrected chi connectivity index (χ0v) is 14.4. The molecule has 0 radical (unpaired) electrons. The van der Waals surface area contributed by atoms with Crippen molar-refractivity contribution in [3.05, 3.63) is 23.0 Å². The van der Waals surface area contributed by atoms with Crippen LogP contribution < -0.4 is 5.46 Å². The van der Waals surface area contributed by atoms with Crippen LogP contribution in [0.3, 0.4) is 0 Å². The number of pyridine rings is 1. The fourth-order valence-electron chi connectivity index (χ4n) is 2.19. The molecule has 0 amide bonds. The summed E-state index contributed by atoms with van der Waals surface area (Å²) >= 11 is 5.98. The zero-order valence-electron chi connectivity index (χ0n) is 13.6. The first-order chi connectivity index (χ1) is 10.2. The number of methoxy groups -OCH3 is 1. The molecule has 120 valence electrons. The van der Waals surface area contributed by atoms with Gasteiger partial charge in [0.1, 0.15) is 5.15 Å². The van der Waals surface area contributed by atoms with E-state index >= 15 is 0 Å². The minimum atomic E-state index is -0.526. The first kappa shape index (κ1) is 17.3. The van der Waals surface area contributed by atoms with Crippen LogP contribution in [0.2, 0.25) is 5.15 Å². The Labute approximate surface area is 136 Å². The molecule has 0 spiro atoms. The molecule has 1 aromatic rings. The molecule has 0 aliphatic carbocycles. The van der Waals surface area contributed by atoms with Gasteiger partial charge in [-0.1, -0.05) is 17.7 Å². The molecule has 1 fully saturated rings. The molecule has 7 heteroatoms. The van der Waals surface area contributed by atoms with Gasteiger partial charge >= 0.3 is 13.1 Å². The van der Waals surface area contributed by atoms with Crippen molar-refractivity contribution in [2.75, 3.05) is 7.11 Å². The predicted octanol–water partition coefficient (Wildman–Crippen LogP) is 2.14. The highest BCUT2D eigenvalue weighted by Gasteiger charge is 2.52. The SMILES string of the molecule is COC(=O)CCc1nc(Cl)ccc1B1OC(C)(C)C(C)(C)O1. The van der Waals surface area contributed by atoms with Crippen LogP contribution in [0.1, 0.15) is 39.8 Å². The molecule has 0 unspecified atom stereocenters. The van der Waals surface area contributed by atoms with E-state index in [4.69, 9.17) is 20.9 Å². The standard InChI is InChI=1S/C15H21BClNO4/c1-14(2)15(3,4)22-16(21-14)10-6-8-12(17)18-11(10)7-9-13(19)20-5/h6,8H,7,9H2,1-5H3. The Morgan fingerprint density at radius 3 is 2.41 bits per heavy atom. The molecule has 1 aliphatic heterocycles. The van der Waals surface area contributed by atoms with Gasteiger partial charge in [0.2, 0.25) is 0 Å². The molecule has 22 heavy (non-hydrogen) atoms. The van der Waals surface area contributed by atoms with Crippen molar-refractivity contribution in [2.24, 2.45) is 0 Å². The lowest BCUT2D eigenvalue weighted by Crippen LogP contribution is -2.41. The van der Waals surface area contributed by atoms with Crippen LogP contribution in [-0.4, -0.2) is 36.4 Å². The van der Waals surface area contributed by atoms with Gasteiger partial charge in [-0.3, -0.25) is 4.79 Å². The molecule has 0 atom stereocenters. The quantitative estimate of drug-likeness (QED) is 0.482. The second-order valence-corrected chi connectivity index (χ2v) is 6.72. The molecule has 1 aliphatic rings. The fourth-order valence-corrected chi connectivity index (χ4v) is 2.36. The maximum Gasteiger partial charge on any atom is 0.496 e. The van der Waals surface area contributed by atoms with Gasteiger partial charge in [0.05, 0.1) is 24.7 Å². The highest BCUT2D eigenvalue weighted by Crippen LogP contribution is 2.36. The van der Waals surface area contributed by atoms with Crippen molar-refractivity contribution < 1.29 is 18.8 Å². The molecule has 2 rings (SSSR count). The molecular weight excluding hydrogens is 304 g/mol. The highest BCUT2D eigenvalue weighted by atomic mass is 35.5. The number of esters is 1. The average Bonchev–Trinajstić information content (AvgIpc) is 2.64. The summed E-state index contributed by atoms with van der Waals surface area (Å²) in [6.07, 6.45) is 0.656. The van der Waals surface area contributed by atoms with Gasteiger partial charge in [-0.25, -0.2) is 4.98 Å². The molecule has 1 aromatic heterocycles. The minimum absolute atomic E-state index is 0.232. The first-order valence-corrected chi connectivity index (χ1v) is 7.62. The minimum Gasteiger partial charge on any atom is -0.469 e. The summed E-state index contributed by atoms with van der Waals surface area (Å²) in [5, 5.41) is 0.375. The van der Waals surface area contributed by atoms with Crippen LogP contribution in [0, 0.1) is 0 Å². The Balaban J connectivity index is 2.26.